The number of phenolic OH excluding ortho intramolecular Hbond substituents is 1. The second-order valence-corrected chi connectivity index (χ2v) is 6.88. The van der Waals surface area contributed by atoms with E-state index in [9.17, 15) is 14.7 Å². The summed E-state index contributed by atoms with van der Waals surface area (Å²) in [4.78, 5) is 24.8. The van der Waals surface area contributed by atoms with E-state index in [4.69, 9.17) is 9.26 Å². The van der Waals surface area contributed by atoms with Gasteiger partial charge in [-0.3, -0.25) is 0 Å². The zero-order valence-corrected chi connectivity index (χ0v) is 15.7. The van der Waals surface area contributed by atoms with Gasteiger partial charge in [-0.2, -0.15) is 0 Å². The van der Waals surface area contributed by atoms with Crippen molar-refractivity contribution in [3.05, 3.63) is 73.6 Å². The highest BCUT2D eigenvalue weighted by Gasteiger charge is 2.13. The minimum absolute atomic E-state index is 0.149. The monoisotopic (exact) mass is 370 g/mol. The SMILES string of the molecule is Cc1cc(Cn2oc(=O)[nH]c2=O)cc(C)c1Oc1ccc(O)c(C(C)C)c1. The Kier molecular flexibility index (Phi) is 4.94. The zero-order chi connectivity index (χ0) is 19.7. The van der Waals surface area contributed by atoms with Gasteiger partial charge in [-0.05, 0) is 54.7 Å². The predicted molar refractivity (Wildman–Crippen MR) is 101 cm³/mol. The van der Waals surface area contributed by atoms with Crippen LogP contribution >= 0.6 is 0 Å². The van der Waals surface area contributed by atoms with Gasteiger partial charge in [0.25, 0.3) is 0 Å². The number of aromatic amines is 1. The standard InChI is InChI=1S/C20H22N2O5/c1-11(2)16-9-15(5-6-17(16)23)26-18-12(3)7-14(8-13(18)4)10-22-19(24)21-20(25)27-22/h5-9,11,23H,10H2,1-4H3,(H,21,24,25). The average Bonchev–Trinajstić information content (AvgIpc) is 2.89. The molecule has 0 bridgehead atoms. The maximum Gasteiger partial charge on any atom is 0.440 e. The summed E-state index contributed by atoms with van der Waals surface area (Å²) < 4.78 is 11.8. The van der Waals surface area contributed by atoms with Gasteiger partial charge in [0.15, 0.2) is 0 Å². The summed E-state index contributed by atoms with van der Waals surface area (Å²) in [5, 5.41) is 9.96. The van der Waals surface area contributed by atoms with Crippen molar-refractivity contribution in [1.82, 2.24) is 9.72 Å². The molecule has 0 saturated heterocycles. The largest absolute Gasteiger partial charge is 0.508 e. The van der Waals surface area contributed by atoms with Crippen LogP contribution in [0.3, 0.4) is 0 Å². The van der Waals surface area contributed by atoms with E-state index in [1.807, 2.05) is 45.9 Å². The molecule has 0 aliphatic carbocycles. The smallest absolute Gasteiger partial charge is 0.440 e. The summed E-state index contributed by atoms with van der Waals surface area (Å²) in [6.45, 7) is 7.98. The Labute approximate surface area is 155 Å². The van der Waals surface area contributed by atoms with Gasteiger partial charge >= 0.3 is 11.4 Å². The molecule has 0 fully saturated rings. The molecular formula is C20H22N2O5. The van der Waals surface area contributed by atoms with Crippen LogP contribution in [0.25, 0.3) is 0 Å². The molecule has 1 aromatic heterocycles. The third kappa shape index (κ3) is 3.97. The van der Waals surface area contributed by atoms with E-state index < -0.39 is 11.4 Å². The van der Waals surface area contributed by atoms with Crippen molar-refractivity contribution in [1.29, 1.82) is 0 Å². The summed E-state index contributed by atoms with van der Waals surface area (Å²) in [5.74, 6) is 0.999. The first-order valence-corrected chi connectivity index (χ1v) is 8.66. The van der Waals surface area contributed by atoms with Crippen LogP contribution in [0, 0.1) is 13.8 Å². The normalized spacial score (nSPS) is 11.1. The molecule has 0 amide bonds. The van der Waals surface area contributed by atoms with Gasteiger partial charge in [0.05, 0.1) is 6.54 Å². The molecular weight excluding hydrogens is 348 g/mol. The number of aromatic hydroxyl groups is 1. The van der Waals surface area contributed by atoms with Crippen LogP contribution in [0.2, 0.25) is 0 Å². The number of rotatable bonds is 5. The Morgan fingerprint density at radius 3 is 2.37 bits per heavy atom. The minimum Gasteiger partial charge on any atom is -0.508 e. The van der Waals surface area contributed by atoms with E-state index in [0.717, 1.165) is 27.0 Å². The molecule has 3 aromatic rings. The number of ether oxygens (including phenoxy) is 1. The lowest BCUT2D eigenvalue weighted by Gasteiger charge is -2.16. The molecule has 0 spiro atoms. The van der Waals surface area contributed by atoms with E-state index in [-0.39, 0.29) is 18.2 Å². The lowest BCUT2D eigenvalue weighted by molar-refractivity contribution is 0.258. The fraction of sp³-hybridized carbons (Fsp3) is 0.300. The molecule has 1 heterocycles. The number of benzene rings is 2. The van der Waals surface area contributed by atoms with E-state index in [1.54, 1.807) is 12.1 Å². The fourth-order valence-electron chi connectivity index (χ4n) is 3.05. The number of nitrogens with one attached hydrogen (secondary N) is 1. The van der Waals surface area contributed by atoms with Gasteiger partial charge in [0.1, 0.15) is 17.2 Å². The Hall–Kier alpha value is -3.22. The van der Waals surface area contributed by atoms with Crippen LogP contribution < -0.4 is 16.2 Å². The average molecular weight is 370 g/mol. The van der Waals surface area contributed by atoms with Gasteiger partial charge in [0, 0.05) is 5.56 Å². The second-order valence-electron chi connectivity index (χ2n) is 6.88. The number of phenols is 1. The van der Waals surface area contributed by atoms with Crippen LogP contribution in [-0.4, -0.2) is 14.8 Å². The summed E-state index contributed by atoms with van der Waals surface area (Å²) in [6.07, 6.45) is 0. The molecule has 142 valence electrons. The van der Waals surface area contributed by atoms with Gasteiger partial charge in [-0.1, -0.05) is 26.0 Å². The number of aromatic nitrogens is 2. The predicted octanol–water partition coefficient (Wildman–Crippen LogP) is 3.42. The quantitative estimate of drug-likeness (QED) is 0.717. The van der Waals surface area contributed by atoms with Crippen molar-refractivity contribution in [3.8, 4) is 17.2 Å². The molecule has 3 rings (SSSR count). The van der Waals surface area contributed by atoms with Gasteiger partial charge in [-0.25, -0.2) is 14.6 Å². The van der Waals surface area contributed by atoms with Crippen molar-refractivity contribution in [2.75, 3.05) is 0 Å². The first-order chi connectivity index (χ1) is 12.7. The molecule has 2 N–H and O–H groups in total. The van der Waals surface area contributed by atoms with Crippen LogP contribution in [0.15, 0.2) is 44.4 Å². The van der Waals surface area contributed by atoms with Crippen molar-refractivity contribution >= 4 is 0 Å². The first-order valence-electron chi connectivity index (χ1n) is 8.66. The highest BCUT2D eigenvalue weighted by molar-refractivity contribution is 5.48. The lowest BCUT2D eigenvalue weighted by Crippen LogP contribution is -2.17. The van der Waals surface area contributed by atoms with Crippen molar-refractivity contribution in [3.63, 3.8) is 0 Å². The first kappa shape index (κ1) is 18.6. The molecule has 0 saturated carbocycles. The van der Waals surface area contributed by atoms with Crippen molar-refractivity contribution < 1.29 is 14.4 Å². The molecule has 0 aliphatic rings. The van der Waals surface area contributed by atoms with Gasteiger partial charge in [0.2, 0.25) is 0 Å². The number of nitrogens with zero attached hydrogens (tertiary/aromatic N) is 1. The molecule has 7 heteroatoms. The third-order valence-corrected chi connectivity index (χ3v) is 4.32. The molecule has 0 aliphatic heterocycles. The van der Waals surface area contributed by atoms with E-state index in [2.05, 4.69) is 4.98 Å². The zero-order valence-electron chi connectivity index (χ0n) is 15.7. The molecule has 27 heavy (non-hydrogen) atoms. The highest BCUT2D eigenvalue weighted by Crippen LogP contribution is 2.34. The number of H-pyrrole nitrogens is 1. The Bertz CT molecular complexity index is 1070. The van der Waals surface area contributed by atoms with Crippen LogP contribution in [0.1, 0.15) is 42.0 Å². The van der Waals surface area contributed by atoms with Crippen molar-refractivity contribution in [2.45, 2.75) is 40.2 Å². The maximum atomic E-state index is 11.6. The molecule has 2 aromatic carbocycles. The summed E-state index contributed by atoms with van der Waals surface area (Å²) in [6, 6.07) is 8.95. The summed E-state index contributed by atoms with van der Waals surface area (Å²) in [5.41, 5.74) is 2.82. The van der Waals surface area contributed by atoms with Crippen LogP contribution in [0.4, 0.5) is 0 Å². The van der Waals surface area contributed by atoms with E-state index >= 15 is 0 Å². The second kappa shape index (κ2) is 7.19. The maximum absolute atomic E-state index is 11.6. The molecule has 0 atom stereocenters. The van der Waals surface area contributed by atoms with Crippen molar-refractivity contribution in [2.24, 2.45) is 0 Å². The lowest BCUT2D eigenvalue weighted by atomic mass is 10.0. The molecule has 7 nitrogen and oxygen atoms in total. The Morgan fingerprint density at radius 2 is 1.81 bits per heavy atom. The Morgan fingerprint density at radius 1 is 1.15 bits per heavy atom. The van der Waals surface area contributed by atoms with E-state index in [0.29, 0.717) is 11.5 Å². The topological polar surface area (TPSA) is 97.5 Å². The van der Waals surface area contributed by atoms with Crippen LogP contribution in [0.5, 0.6) is 17.2 Å². The summed E-state index contributed by atoms with van der Waals surface area (Å²) >= 11 is 0. The Balaban J connectivity index is 1.89. The fourth-order valence-corrected chi connectivity index (χ4v) is 3.05. The third-order valence-electron chi connectivity index (χ3n) is 4.32. The number of aryl methyl sites for hydroxylation is 2. The molecule has 0 radical (unpaired) electrons. The number of hydrogen-bond acceptors (Lipinski definition) is 5. The molecule has 0 unspecified atom stereocenters. The minimum atomic E-state index is -0.776. The van der Waals surface area contributed by atoms with Crippen LogP contribution in [-0.2, 0) is 6.54 Å². The van der Waals surface area contributed by atoms with E-state index in [1.165, 1.54) is 0 Å². The highest BCUT2D eigenvalue weighted by atomic mass is 16.5. The van der Waals surface area contributed by atoms with Gasteiger partial charge < -0.3 is 14.4 Å². The summed E-state index contributed by atoms with van der Waals surface area (Å²) in [7, 11) is 0. The van der Waals surface area contributed by atoms with Gasteiger partial charge in [-0.15, -0.1) is 4.74 Å². The number of hydrogen-bond donors (Lipinski definition) is 2.